The fourth-order valence-electron chi connectivity index (χ4n) is 2.73. The van der Waals surface area contributed by atoms with E-state index in [1.807, 2.05) is 14.1 Å². The van der Waals surface area contributed by atoms with E-state index in [0.717, 1.165) is 30.4 Å². The zero-order valence-corrected chi connectivity index (χ0v) is 15.7. The molecule has 0 aliphatic rings. The van der Waals surface area contributed by atoms with Crippen molar-refractivity contribution in [1.29, 1.82) is 0 Å². The number of fused-ring (bicyclic) bond motifs is 1. The number of nitrogens with zero attached hydrogens (tertiary/aromatic N) is 4. The van der Waals surface area contributed by atoms with Crippen molar-refractivity contribution in [3.63, 3.8) is 0 Å². The molecular formula is C18H21ClFN5O. The average Bonchev–Trinajstić information content (AvgIpc) is 2.96. The maximum absolute atomic E-state index is 13.8. The van der Waals surface area contributed by atoms with Crippen molar-refractivity contribution < 1.29 is 9.13 Å². The van der Waals surface area contributed by atoms with E-state index in [4.69, 9.17) is 16.3 Å². The first-order chi connectivity index (χ1) is 12.5. The number of pyridine rings is 1. The minimum absolute atomic E-state index is 0.341. The van der Waals surface area contributed by atoms with Crippen molar-refractivity contribution in [3.05, 3.63) is 41.4 Å². The second kappa shape index (κ2) is 7.88. The van der Waals surface area contributed by atoms with Crippen molar-refractivity contribution in [2.24, 2.45) is 0 Å². The molecule has 1 N–H and O–H groups in total. The molecule has 0 spiro atoms. The Kier molecular flexibility index (Phi) is 5.58. The average molecular weight is 378 g/mol. The van der Waals surface area contributed by atoms with E-state index in [1.165, 1.54) is 19.2 Å². The number of hydrogen-bond donors (Lipinski definition) is 1. The van der Waals surface area contributed by atoms with Gasteiger partial charge in [0.15, 0.2) is 5.82 Å². The fraction of sp³-hybridized carbons (Fsp3) is 0.333. The molecule has 2 aromatic heterocycles. The van der Waals surface area contributed by atoms with Crippen molar-refractivity contribution >= 4 is 28.3 Å². The molecule has 3 aromatic rings. The summed E-state index contributed by atoms with van der Waals surface area (Å²) in [6, 6.07) is 6.02. The summed E-state index contributed by atoms with van der Waals surface area (Å²) in [6.45, 7) is 1.72. The van der Waals surface area contributed by atoms with Crippen LogP contribution in [0, 0.1) is 5.82 Å². The van der Waals surface area contributed by atoms with E-state index >= 15 is 0 Å². The van der Waals surface area contributed by atoms with Crippen molar-refractivity contribution in [2.75, 3.05) is 39.6 Å². The quantitative estimate of drug-likeness (QED) is 0.503. The zero-order chi connectivity index (χ0) is 18.7. The number of ether oxygens (including phenoxy) is 1. The lowest BCUT2D eigenvalue weighted by Crippen LogP contribution is -2.16. The van der Waals surface area contributed by atoms with Crippen LogP contribution in [0.1, 0.15) is 6.42 Å². The fourth-order valence-corrected chi connectivity index (χ4v) is 2.88. The van der Waals surface area contributed by atoms with Gasteiger partial charge in [-0.1, -0.05) is 11.6 Å². The third kappa shape index (κ3) is 3.89. The maximum Gasteiger partial charge on any atom is 0.158 e. The molecule has 26 heavy (non-hydrogen) atoms. The standard InChI is InChI=1S/C18H21ClFN5O/c1-24(2)8-4-7-21-18-13-11-22-17(19)10-14(13)25(23-18)15-9-12(20)5-6-16(15)26-3/h5-6,9-11H,4,7-8H2,1-3H3,(H,21,23). The summed E-state index contributed by atoms with van der Waals surface area (Å²) in [5.41, 5.74) is 1.23. The minimum atomic E-state index is -0.370. The normalized spacial score (nSPS) is 11.3. The minimum Gasteiger partial charge on any atom is -0.494 e. The van der Waals surface area contributed by atoms with E-state index in [1.54, 1.807) is 23.0 Å². The first-order valence-electron chi connectivity index (χ1n) is 8.26. The Bertz CT molecular complexity index is 912. The molecule has 3 rings (SSSR count). The number of rotatable bonds is 7. The van der Waals surface area contributed by atoms with Gasteiger partial charge >= 0.3 is 0 Å². The first kappa shape index (κ1) is 18.4. The maximum atomic E-state index is 13.8. The second-order valence-electron chi connectivity index (χ2n) is 6.18. The predicted octanol–water partition coefficient (Wildman–Crippen LogP) is 3.59. The summed E-state index contributed by atoms with van der Waals surface area (Å²) in [6.07, 6.45) is 2.63. The van der Waals surface area contributed by atoms with Crippen molar-refractivity contribution in [2.45, 2.75) is 6.42 Å². The monoisotopic (exact) mass is 377 g/mol. The van der Waals surface area contributed by atoms with Crippen LogP contribution in [0.3, 0.4) is 0 Å². The van der Waals surface area contributed by atoms with Gasteiger partial charge in [0.1, 0.15) is 22.4 Å². The van der Waals surface area contributed by atoms with Crippen LogP contribution in [0.5, 0.6) is 5.75 Å². The highest BCUT2D eigenvalue weighted by atomic mass is 35.5. The van der Waals surface area contributed by atoms with Gasteiger partial charge in [0, 0.05) is 24.9 Å². The van der Waals surface area contributed by atoms with Gasteiger partial charge in [0.2, 0.25) is 0 Å². The third-order valence-electron chi connectivity index (χ3n) is 3.98. The summed E-state index contributed by atoms with van der Waals surface area (Å²) in [7, 11) is 5.61. The van der Waals surface area contributed by atoms with Gasteiger partial charge < -0.3 is 15.0 Å². The van der Waals surface area contributed by atoms with Gasteiger partial charge in [-0.25, -0.2) is 14.1 Å². The van der Waals surface area contributed by atoms with Gasteiger partial charge in [0.05, 0.1) is 18.0 Å². The van der Waals surface area contributed by atoms with Crippen LogP contribution in [0.15, 0.2) is 30.5 Å². The number of anilines is 1. The number of nitrogens with one attached hydrogen (secondary N) is 1. The van der Waals surface area contributed by atoms with Gasteiger partial charge in [-0.3, -0.25) is 0 Å². The van der Waals surface area contributed by atoms with E-state index in [-0.39, 0.29) is 5.82 Å². The Hall–Kier alpha value is -2.38. The van der Waals surface area contributed by atoms with Gasteiger partial charge in [0.25, 0.3) is 0 Å². The highest BCUT2D eigenvalue weighted by Crippen LogP contribution is 2.31. The van der Waals surface area contributed by atoms with Crippen LogP contribution in [0.25, 0.3) is 16.6 Å². The highest BCUT2D eigenvalue weighted by Gasteiger charge is 2.16. The Balaban J connectivity index is 2.03. The molecule has 0 saturated heterocycles. The number of hydrogen-bond acceptors (Lipinski definition) is 5. The molecule has 0 aliphatic carbocycles. The number of halogens is 2. The van der Waals surface area contributed by atoms with Gasteiger partial charge in [-0.2, -0.15) is 0 Å². The lowest BCUT2D eigenvalue weighted by molar-refractivity contribution is 0.405. The van der Waals surface area contributed by atoms with E-state index in [2.05, 4.69) is 20.3 Å². The Labute approximate surface area is 156 Å². The van der Waals surface area contributed by atoms with E-state index in [9.17, 15) is 4.39 Å². The van der Waals surface area contributed by atoms with Crippen LogP contribution in [0.4, 0.5) is 10.2 Å². The second-order valence-corrected chi connectivity index (χ2v) is 6.57. The molecular weight excluding hydrogens is 357 g/mol. The number of methoxy groups -OCH3 is 1. The summed E-state index contributed by atoms with van der Waals surface area (Å²) in [5, 5.41) is 9.09. The van der Waals surface area contributed by atoms with Crippen molar-refractivity contribution in [1.82, 2.24) is 19.7 Å². The van der Waals surface area contributed by atoms with E-state index in [0.29, 0.717) is 22.4 Å². The molecule has 0 bridgehead atoms. The lowest BCUT2D eigenvalue weighted by atomic mass is 10.2. The summed E-state index contributed by atoms with van der Waals surface area (Å²) in [5.74, 6) is 0.822. The number of benzene rings is 1. The molecule has 0 radical (unpaired) electrons. The molecule has 0 fully saturated rings. The van der Waals surface area contributed by atoms with Crippen molar-refractivity contribution in [3.8, 4) is 11.4 Å². The van der Waals surface area contributed by atoms with Gasteiger partial charge in [-0.15, -0.1) is 5.10 Å². The Morgan fingerprint density at radius 1 is 1.31 bits per heavy atom. The lowest BCUT2D eigenvalue weighted by Gasteiger charge is -2.10. The zero-order valence-electron chi connectivity index (χ0n) is 15.0. The smallest absolute Gasteiger partial charge is 0.158 e. The van der Waals surface area contributed by atoms with Crippen LogP contribution < -0.4 is 10.1 Å². The highest BCUT2D eigenvalue weighted by molar-refractivity contribution is 6.30. The molecule has 138 valence electrons. The predicted molar refractivity (Wildman–Crippen MR) is 102 cm³/mol. The molecule has 0 saturated carbocycles. The molecule has 6 nitrogen and oxygen atoms in total. The summed E-state index contributed by atoms with van der Waals surface area (Å²) in [4.78, 5) is 6.27. The molecule has 0 aliphatic heterocycles. The van der Waals surface area contributed by atoms with Gasteiger partial charge in [-0.05, 0) is 39.2 Å². The van der Waals surface area contributed by atoms with Crippen LogP contribution >= 0.6 is 11.6 Å². The molecule has 2 heterocycles. The molecule has 0 amide bonds. The van der Waals surface area contributed by atoms with E-state index < -0.39 is 0 Å². The third-order valence-corrected chi connectivity index (χ3v) is 4.18. The molecule has 1 aromatic carbocycles. The largest absolute Gasteiger partial charge is 0.494 e. The summed E-state index contributed by atoms with van der Waals surface area (Å²) >= 11 is 6.07. The SMILES string of the molecule is COc1ccc(F)cc1-n1nc(NCCCN(C)C)c2cnc(Cl)cc21. The topological polar surface area (TPSA) is 55.2 Å². The van der Waals surface area contributed by atoms with Crippen LogP contribution in [-0.4, -0.2) is 54.0 Å². The van der Waals surface area contributed by atoms with Crippen LogP contribution in [-0.2, 0) is 0 Å². The van der Waals surface area contributed by atoms with Crippen LogP contribution in [0.2, 0.25) is 5.15 Å². The Morgan fingerprint density at radius 3 is 2.85 bits per heavy atom. The summed E-state index contributed by atoms with van der Waals surface area (Å²) < 4.78 is 20.8. The molecule has 0 atom stereocenters. The Morgan fingerprint density at radius 2 is 2.12 bits per heavy atom. The first-order valence-corrected chi connectivity index (χ1v) is 8.64. The number of aromatic nitrogens is 3. The molecule has 0 unspecified atom stereocenters. The molecule has 8 heteroatoms.